The summed E-state index contributed by atoms with van der Waals surface area (Å²) in [7, 11) is 0. The van der Waals surface area contributed by atoms with Crippen molar-refractivity contribution in [2.45, 2.75) is 19.8 Å². The predicted octanol–water partition coefficient (Wildman–Crippen LogP) is 3.77. The molecule has 1 aliphatic heterocycles. The molecule has 2 aromatic carbocycles. The number of nitrogens with zero attached hydrogens (tertiary/aromatic N) is 1. The Bertz CT molecular complexity index is 1030. The van der Waals surface area contributed by atoms with Gasteiger partial charge in [0, 0.05) is 30.1 Å². The number of aryl methyl sites for hydroxylation is 1. The van der Waals surface area contributed by atoms with Crippen molar-refractivity contribution in [1.82, 2.24) is 4.90 Å². The number of benzene rings is 2. The van der Waals surface area contributed by atoms with E-state index >= 15 is 0 Å². The second kappa shape index (κ2) is 7.27. The molecule has 5 nitrogen and oxygen atoms in total. The summed E-state index contributed by atoms with van der Waals surface area (Å²) < 4.78 is 11.2. The van der Waals surface area contributed by atoms with Crippen LogP contribution in [0.2, 0.25) is 0 Å². The number of hydrogen-bond donors (Lipinski definition) is 0. The molecule has 5 heteroatoms. The summed E-state index contributed by atoms with van der Waals surface area (Å²) in [6.07, 6.45) is 2.10. The van der Waals surface area contributed by atoms with Gasteiger partial charge >= 0.3 is 5.63 Å². The average molecular weight is 363 g/mol. The van der Waals surface area contributed by atoms with Crippen LogP contribution in [0.3, 0.4) is 0 Å². The molecule has 0 aliphatic carbocycles. The highest BCUT2D eigenvalue weighted by atomic mass is 16.5. The van der Waals surface area contributed by atoms with Gasteiger partial charge in [-0.1, -0.05) is 30.3 Å². The van der Waals surface area contributed by atoms with Crippen molar-refractivity contribution >= 4 is 16.9 Å². The fraction of sp³-hybridized carbons (Fsp3) is 0.273. The molecule has 1 aromatic heterocycles. The standard InChI is InChI=1S/C22H21NO4/c1-15-19(26-14-20(24)23-11-5-6-12-23)10-9-17-18(13-21(25)27-22(15)17)16-7-3-2-4-8-16/h2-4,7-10,13H,5-6,11-12,14H2,1H3. The Labute approximate surface area is 157 Å². The van der Waals surface area contributed by atoms with E-state index in [0.29, 0.717) is 11.3 Å². The highest BCUT2D eigenvalue weighted by molar-refractivity contribution is 5.95. The SMILES string of the molecule is Cc1c(OCC(=O)N2CCCC2)ccc2c(-c3ccccc3)cc(=O)oc12. The quantitative estimate of drug-likeness (QED) is 0.662. The minimum absolute atomic E-state index is 0.00501. The molecule has 0 N–H and O–H groups in total. The minimum Gasteiger partial charge on any atom is -0.483 e. The number of hydrogen-bond acceptors (Lipinski definition) is 4. The molecule has 1 saturated heterocycles. The predicted molar refractivity (Wildman–Crippen MR) is 104 cm³/mol. The summed E-state index contributed by atoms with van der Waals surface area (Å²) in [6, 6.07) is 14.9. The first-order valence-electron chi connectivity index (χ1n) is 9.17. The maximum absolute atomic E-state index is 12.2. The van der Waals surface area contributed by atoms with Crippen molar-refractivity contribution in [1.29, 1.82) is 0 Å². The molecule has 1 amide bonds. The number of amides is 1. The molecule has 2 heterocycles. The van der Waals surface area contributed by atoms with Crippen LogP contribution in [0.15, 0.2) is 57.7 Å². The van der Waals surface area contributed by atoms with E-state index in [4.69, 9.17) is 9.15 Å². The van der Waals surface area contributed by atoms with Crippen molar-refractivity contribution in [2.75, 3.05) is 19.7 Å². The fourth-order valence-electron chi connectivity index (χ4n) is 3.55. The number of rotatable bonds is 4. The molecule has 3 aromatic rings. The van der Waals surface area contributed by atoms with Gasteiger partial charge < -0.3 is 14.1 Å². The zero-order chi connectivity index (χ0) is 18.8. The number of likely N-dealkylation sites (tertiary alicyclic amines) is 1. The zero-order valence-corrected chi connectivity index (χ0v) is 15.2. The summed E-state index contributed by atoms with van der Waals surface area (Å²) in [4.78, 5) is 26.2. The lowest BCUT2D eigenvalue weighted by atomic mass is 10.0. The van der Waals surface area contributed by atoms with Crippen LogP contribution in [-0.4, -0.2) is 30.5 Å². The number of fused-ring (bicyclic) bond motifs is 1. The molecule has 138 valence electrons. The summed E-state index contributed by atoms with van der Waals surface area (Å²) >= 11 is 0. The molecule has 1 aliphatic rings. The van der Waals surface area contributed by atoms with Gasteiger partial charge in [0.25, 0.3) is 5.91 Å². The third-order valence-electron chi connectivity index (χ3n) is 5.01. The van der Waals surface area contributed by atoms with Crippen molar-refractivity contribution in [3.8, 4) is 16.9 Å². The molecule has 4 rings (SSSR count). The smallest absolute Gasteiger partial charge is 0.336 e. The van der Waals surface area contributed by atoms with E-state index < -0.39 is 5.63 Å². The molecule has 1 fully saturated rings. The van der Waals surface area contributed by atoms with Crippen LogP contribution in [0.25, 0.3) is 22.1 Å². The van der Waals surface area contributed by atoms with Crippen LogP contribution >= 0.6 is 0 Å². The average Bonchev–Trinajstić information content (AvgIpc) is 3.23. The van der Waals surface area contributed by atoms with Crippen LogP contribution in [-0.2, 0) is 4.79 Å². The van der Waals surface area contributed by atoms with Crippen LogP contribution in [0.5, 0.6) is 5.75 Å². The largest absolute Gasteiger partial charge is 0.483 e. The van der Waals surface area contributed by atoms with Crippen LogP contribution in [0.4, 0.5) is 0 Å². The van der Waals surface area contributed by atoms with Gasteiger partial charge in [-0.25, -0.2) is 4.79 Å². The monoisotopic (exact) mass is 363 g/mol. The molecule has 0 atom stereocenters. The summed E-state index contributed by atoms with van der Waals surface area (Å²) in [5.74, 6) is 0.551. The van der Waals surface area contributed by atoms with Crippen LogP contribution < -0.4 is 10.4 Å². The molecule has 0 radical (unpaired) electrons. The maximum atomic E-state index is 12.2. The van der Waals surface area contributed by atoms with Crippen LogP contribution in [0, 0.1) is 6.92 Å². The van der Waals surface area contributed by atoms with Gasteiger partial charge in [0.2, 0.25) is 0 Å². The third kappa shape index (κ3) is 3.45. The second-order valence-electron chi connectivity index (χ2n) is 6.79. The van der Waals surface area contributed by atoms with Crippen molar-refractivity contribution in [3.63, 3.8) is 0 Å². The van der Waals surface area contributed by atoms with Gasteiger partial charge in [-0.3, -0.25) is 4.79 Å². The molecule has 0 spiro atoms. The van der Waals surface area contributed by atoms with Crippen LogP contribution in [0.1, 0.15) is 18.4 Å². The topological polar surface area (TPSA) is 59.8 Å². The molecular formula is C22H21NO4. The Kier molecular flexibility index (Phi) is 4.67. The minimum atomic E-state index is -0.408. The Morgan fingerprint density at radius 1 is 1.11 bits per heavy atom. The van der Waals surface area contributed by atoms with Gasteiger partial charge in [-0.15, -0.1) is 0 Å². The molecule has 0 bridgehead atoms. The lowest BCUT2D eigenvalue weighted by molar-refractivity contribution is -0.132. The maximum Gasteiger partial charge on any atom is 0.336 e. The van der Waals surface area contributed by atoms with E-state index in [1.165, 1.54) is 6.07 Å². The van der Waals surface area contributed by atoms with E-state index in [-0.39, 0.29) is 12.5 Å². The summed E-state index contributed by atoms with van der Waals surface area (Å²) in [6.45, 7) is 3.44. The number of carbonyl (C=O) groups is 1. The van der Waals surface area contributed by atoms with Gasteiger partial charge in [0.1, 0.15) is 11.3 Å². The Hall–Kier alpha value is -3.08. The number of carbonyl (C=O) groups excluding carboxylic acids is 1. The van der Waals surface area contributed by atoms with E-state index in [2.05, 4.69) is 0 Å². The highest BCUT2D eigenvalue weighted by Crippen LogP contribution is 2.33. The third-order valence-corrected chi connectivity index (χ3v) is 5.01. The fourth-order valence-corrected chi connectivity index (χ4v) is 3.55. The molecule has 0 unspecified atom stereocenters. The molecular weight excluding hydrogens is 342 g/mol. The van der Waals surface area contributed by atoms with Gasteiger partial charge in [0.15, 0.2) is 6.61 Å². The summed E-state index contributed by atoms with van der Waals surface area (Å²) in [5, 5.41) is 0.844. The first-order valence-corrected chi connectivity index (χ1v) is 9.17. The molecule has 0 saturated carbocycles. The van der Waals surface area contributed by atoms with Crippen molar-refractivity contribution in [2.24, 2.45) is 0 Å². The lowest BCUT2D eigenvalue weighted by Crippen LogP contribution is -2.32. The normalized spacial score (nSPS) is 13.9. The Morgan fingerprint density at radius 2 is 1.85 bits per heavy atom. The first kappa shape index (κ1) is 17.3. The van der Waals surface area contributed by atoms with E-state index in [1.807, 2.05) is 54.3 Å². The van der Waals surface area contributed by atoms with Gasteiger partial charge in [-0.05, 0) is 43.0 Å². The molecule has 27 heavy (non-hydrogen) atoms. The second-order valence-corrected chi connectivity index (χ2v) is 6.79. The van der Waals surface area contributed by atoms with E-state index in [0.717, 1.165) is 48.0 Å². The Balaban J connectivity index is 1.68. The highest BCUT2D eigenvalue weighted by Gasteiger charge is 2.19. The van der Waals surface area contributed by atoms with Crippen molar-refractivity contribution in [3.05, 3.63) is 64.5 Å². The van der Waals surface area contributed by atoms with Gasteiger partial charge in [0.05, 0.1) is 0 Å². The van der Waals surface area contributed by atoms with Crippen molar-refractivity contribution < 1.29 is 13.9 Å². The number of ether oxygens (including phenoxy) is 1. The lowest BCUT2D eigenvalue weighted by Gasteiger charge is -2.17. The first-order chi connectivity index (χ1) is 13.1. The van der Waals surface area contributed by atoms with E-state index in [1.54, 1.807) is 0 Å². The zero-order valence-electron chi connectivity index (χ0n) is 15.2. The van der Waals surface area contributed by atoms with E-state index in [9.17, 15) is 9.59 Å². The Morgan fingerprint density at radius 3 is 2.59 bits per heavy atom. The van der Waals surface area contributed by atoms with Gasteiger partial charge in [-0.2, -0.15) is 0 Å². The summed E-state index contributed by atoms with van der Waals surface area (Å²) in [5.41, 5.74) is 2.58.